The number of aryl methyl sites for hydroxylation is 2. The number of nitrogens with one attached hydrogen (secondary N) is 1. The van der Waals surface area contributed by atoms with E-state index in [0.717, 1.165) is 22.4 Å². The van der Waals surface area contributed by atoms with Gasteiger partial charge in [0.2, 0.25) is 12.7 Å². The minimum absolute atomic E-state index is 0.178. The minimum atomic E-state index is -3.61. The van der Waals surface area contributed by atoms with Crippen molar-refractivity contribution in [3.63, 3.8) is 0 Å². The van der Waals surface area contributed by atoms with Gasteiger partial charge in [0.05, 0.1) is 6.61 Å². The number of anilines is 1. The highest BCUT2D eigenvalue weighted by Gasteiger charge is 2.38. The lowest BCUT2D eigenvalue weighted by Crippen LogP contribution is -2.24. The Morgan fingerprint density at radius 3 is 2.00 bits per heavy atom. The summed E-state index contributed by atoms with van der Waals surface area (Å²) in [4.78, 5) is 14.1. The van der Waals surface area contributed by atoms with Crippen LogP contribution in [0.15, 0.2) is 79.3 Å². The van der Waals surface area contributed by atoms with Crippen LogP contribution < -0.4 is 15.9 Å². The van der Waals surface area contributed by atoms with E-state index in [-0.39, 0.29) is 12.3 Å². The van der Waals surface area contributed by atoms with Crippen molar-refractivity contribution in [2.75, 3.05) is 32.4 Å². The first kappa shape index (κ1) is 26.3. The summed E-state index contributed by atoms with van der Waals surface area (Å²) in [7, 11) is -2.00. The molecular formula is C28H32NO5P. The first-order valence-electron chi connectivity index (χ1n) is 11.4. The quantitative estimate of drug-likeness (QED) is 0.160. The van der Waals surface area contributed by atoms with Crippen LogP contribution in [0, 0.1) is 20.8 Å². The van der Waals surface area contributed by atoms with Gasteiger partial charge in [-0.2, -0.15) is 0 Å². The van der Waals surface area contributed by atoms with Crippen molar-refractivity contribution >= 4 is 29.0 Å². The van der Waals surface area contributed by atoms with Crippen LogP contribution in [-0.4, -0.2) is 32.6 Å². The van der Waals surface area contributed by atoms with Crippen LogP contribution in [0.1, 0.15) is 27.0 Å². The lowest BCUT2D eigenvalue weighted by molar-refractivity contribution is 0.107. The predicted octanol–water partition coefficient (Wildman–Crippen LogP) is 5.29. The fraction of sp³-hybridized carbons (Fsp3) is 0.250. The highest BCUT2D eigenvalue weighted by molar-refractivity contribution is 7.93. The average molecular weight is 494 g/mol. The first-order valence-corrected chi connectivity index (χ1v) is 13.1. The molecule has 0 heterocycles. The van der Waals surface area contributed by atoms with Gasteiger partial charge in [0.15, 0.2) is 6.73 Å². The highest BCUT2D eigenvalue weighted by Crippen LogP contribution is 2.48. The summed E-state index contributed by atoms with van der Waals surface area (Å²) in [5.74, 6) is 0. The third-order valence-electron chi connectivity index (χ3n) is 5.70. The van der Waals surface area contributed by atoms with Crippen molar-refractivity contribution in [3.05, 3.63) is 102 Å². The van der Waals surface area contributed by atoms with Gasteiger partial charge in [-0.15, -0.1) is 0 Å². The smallest absolute Gasteiger partial charge is 0.230 e. The van der Waals surface area contributed by atoms with Gasteiger partial charge in [-0.3, -0.25) is 4.79 Å². The Hall–Kier alpha value is -3.34. The number of hydrogen-bond donors (Lipinski definition) is 1. The van der Waals surface area contributed by atoms with Crippen LogP contribution in [0.3, 0.4) is 0 Å². The van der Waals surface area contributed by atoms with Crippen LogP contribution >= 0.6 is 7.14 Å². The fourth-order valence-electron chi connectivity index (χ4n) is 4.04. The molecule has 0 fully saturated rings. The molecule has 0 unspecified atom stereocenters. The Labute approximate surface area is 207 Å². The van der Waals surface area contributed by atoms with E-state index in [1.807, 2.05) is 63.2 Å². The predicted molar refractivity (Wildman–Crippen MR) is 141 cm³/mol. The maximum Gasteiger partial charge on any atom is 0.230 e. The van der Waals surface area contributed by atoms with Gasteiger partial charge < -0.3 is 24.1 Å². The number of carbonyl (C=O) groups excluding carboxylic acids is 1. The molecule has 35 heavy (non-hydrogen) atoms. The molecule has 0 bridgehead atoms. The summed E-state index contributed by atoms with van der Waals surface area (Å²) in [5.41, 5.74) is 3.36. The van der Waals surface area contributed by atoms with Gasteiger partial charge in [0.25, 0.3) is 0 Å². The molecule has 1 N–H and O–H groups in total. The number of ether oxygens (including phenoxy) is 3. The third kappa shape index (κ3) is 6.02. The monoisotopic (exact) mass is 493 g/mol. The minimum Gasteiger partial charge on any atom is -0.496 e. The summed E-state index contributed by atoms with van der Waals surface area (Å²) in [6, 6.07) is 19.9. The molecule has 3 aromatic carbocycles. The zero-order valence-corrected chi connectivity index (χ0v) is 21.5. The molecule has 0 amide bonds. The lowest BCUT2D eigenvalue weighted by Gasteiger charge is -2.23. The second kappa shape index (κ2) is 12.4. The van der Waals surface area contributed by atoms with Gasteiger partial charge in [-0.1, -0.05) is 66.7 Å². The second-order valence-electron chi connectivity index (χ2n) is 8.09. The molecule has 7 heteroatoms. The topological polar surface area (TPSA) is 73.9 Å². The number of benzene rings is 3. The van der Waals surface area contributed by atoms with Crippen molar-refractivity contribution in [3.8, 4) is 0 Å². The molecule has 0 aliphatic carbocycles. The molecule has 6 nitrogen and oxygen atoms in total. The summed E-state index contributed by atoms with van der Waals surface area (Å²) < 4.78 is 30.2. The van der Waals surface area contributed by atoms with E-state index < -0.39 is 7.14 Å². The van der Waals surface area contributed by atoms with Crippen molar-refractivity contribution < 1.29 is 23.6 Å². The lowest BCUT2D eigenvalue weighted by atomic mass is 9.98. The molecule has 0 aliphatic rings. The largest absolute Gasteiger partial charge is 0.496 e. The third-order valence-corrected chi connectivity index (χ3v) is 8.54. The highest BCUT2D eigenvalue weighted by atomic mass is 31.2. The Kier molecular flexibility index (Phi) is 9.30. The summed E-state index contributed by atoms with van der Waals surface area (Å²) in [6.45, 7) is 6.84. The van der Waals surface area contributed by atoms with Crippen LogP contribution in [0.5, 0.6) is 0 Å². The van der Waals surface area contributed by atoms with Gasteiger partial charge >= 0.3 is 0 Å². The van der Waals surface area contributed by atoms with Crippen LogP contribution in [-0.2, 0) is 18.8 Å². The van der Waals surface area contributed by atoms with E-state index in [4.69, 9.17) is 14.2 Å². The van der Waals surface area contributed by atoms with Crippen LogP contribution in [0.2, 0.25) is 0 Å². The van der Waals surface area contributed by atoms with Gasteiger partial charge in [0, 0.05) is 29.0 Å². The number of carbonyl (C=O) groups is 1. The molecule has 0 aromatic heterocycles. The molecule has 0 saturated heterocycles. The van der Waals surface area contributed by atoms with Crippen LogP contribution in [0.25, 0.3) is 0 Å². The average Bonchev–Trinajstić information content (AvgIpc) is 2.87. The van der Waals surface area contributed by atoms with E-state index >= 15 is 0 Å². The Balaban J connectivity index is 1.93. The zero-order chi connectivity index (χ0) is 25.3. The van der Waals surface area contributed by atoms with E-state index in [1.54, 1.807) is 31.4 Å². The molecule has 3 rings (SSSR count). The second-order valence-corrected chi connectivity index (χ2v) is 10.8. The summed E-state index contributed by atoms with van der Waals surface area (Å²) in [5, 5.41) is 4.28. The first-order chi connectivity index (χ1) is 16.9. The maximum atomic E-state index is 14.6. The molecule has 3 aromatic rings. The van der Waals surface area contributed by atoms with Gasteiger partial charge in [-0.05, 0) is 37.5 Å². The normalized spacial score (nSPS) is 11.4. The van der Waals surface area contributed by atoms with Crippen LogP contribution in [0.4, 0.5) is 5.69 Å². The number of methoxy groups -OCH3 is 1. The molecule has 0 spiro atoms. The zero-order valence-electron chi connectivity index (χ0n) is 20.6. The molecule has 0 radical (unpaired) electrons. The van der Waals surface area contributed by atoms with Crippen molar-refractivity contribution in [2.24, 2.45) is 0 Å². The Bertz CT molecular complexity index is 1170. The van der Waals surface area contributed by atoms with E-state index in [1.165, 1.54) is 12.5 Å². The standard InChI is InChI=1S/C28H32NO5P/c1-21-19-22(2)27(29-20-34-18-17-33-16-15-32-4)23(3)26(21)28(30)35(31,24-11-7-5-8-12-24)25-13-9-6-10-14-25/h5-14,17-19,29H,15-16,20H2,1-4H3/b18-17+. The van der Waals surface area contributed by atoms with E-state index in [9.17, 15) is 9.36 Å². The number of rotatable bonds is 12. The van der Waals surface area contributed by atoms with Crippen molar-refractivity contribution in [1.29, 1.82) is 0 Å². The Morgan fingerprint density at radius 1 is 0.857 bits per heavy atom. The van der Waals surface area contributed by atoms with Crippen molar-refractivity contribution in [2.45, 2.75) is 20.8 Å². The maximum absolute atomic E-state index is 14.6. The molecule has 184 valence electrons. The van der Waals surface area contributed by atoms with E-state index in [2.05, 4.69) is 5.32 Å². The molecule has 0 aliphatic heterocycles. The fourth-order valence-corrected chi connectivity index (χ4v) is 6.65. The van der Waals surface area contributed by atoms with E-state index in [0.29, 0.717) is 29.4 Å². The van der Waals surface area contributed by atoms with Gasteiger partial charge in [-0.25, -0.2) is 0 Å². The molecular weight excluding hydrogens is 461 g/mol. The Morgan fingerprint density at radius 2 is 1.43 bits per heavy atom. The SMILES string of the molecule is COCCO/C=C/OCNc1c(C)cc(C)c(C(=O)P(=O)(c2ccccc2)c2ccccc2)c1C. The number of hydrogen-bond acceptors (Lipinski definition) is 6. The summed E-state index contributed by atoms with van der Waals surface area (Å²) in [6.07, 6.45) is 2.91. The van der Waals surface area contributed by atoms with Gasteiger partial charge in [0.1, 0.15) is 19.1 Å². The molecule has 0 saturated carbocycles. The van der Waals surface area contributed by atoms with Crippen molar-refractivity contribution in [1.82, 2.24) is 0 Å². The summed E-state index contributed by atoms with van der Waals surface area (Å²) >= 11 is 0. The molecule has 0 atom stereocenters.